The molecule has 0 rings (SSSR count). The van der Waals surface area contributed by atoms with E-state index in [0.29, 0.717) is 0 Å². The molecule has 0 spiro atoms. The number of hydrogen-bond acceptors (Lipinski definition) is 2. The molecule has 2 nitrogen and oxygen atoms in total. The van der Waals surface area contributed by atoms with Gasteiger partial charge >= 0.3 is 0 Å². The molecule has 0 heterocycles. The number of rotatable bonds is 7. The molecule has 0 aromatic carbocycles. The standard InChI is InChI=1S/C12H36N2Si6/c1-17(2,3)13(18(4,5)6)15-16-14(19(7,8)9)20(10,11)12/h1-12H3. The summed E-state index contributed by atoms with van der Waals surface area (Å²) >= 11 is 0. The van der Waals surface area contributed by atoms with Crippen LogP contribution in [0.4, 0.5) is 0 Å². The van der Waals surface area contributed by atoms with Gasteiger partial charge in [-0.1, -0.05) is 78.6 Å². The summed E-state index contributed by atoms with van der Waals surface area (Å²) in [4.78, 5) is 0. The van der Waals surface area contributed by atoms with Gasteiger partial charge in [0.25, 0.3) is 0 Å². The Morgan fingerprint density at radius 3 is 0.650 bits per heavy atom. The first-order chi connectivity index (χ1) is 8.47. The second-order valence-corrected chi connectivity index (χ2v) is 34.1. The van der Waals surface area contributed by atoms with Crippen molar-refractivity contribution in [2.24, 2.45) is 0 Å². The molecule has 0 atom stereocenters. The van der Waals surface area contributed by atoms with Gasteiger partial charge in [0.2, 0.25) is 0 Å². The van der Waals surface area contributed by atoms with Crippen molar-refractivity contribution >= 4 is 51.3 Å². The Hall–Kier alpha value is 1.22. The Labute approximate surface area is 137 Å². The van der Waals surface area contributed by atoms with Crippen LogP contribution in [0, 0.1) is 0 Å². The molecule has 0 N–H and O–H groups in total. The van der Waals surface area contributed by atoms with Crippen LogP contribution in [0.25, 0.3) is 0 Å². The van der Waals surface area contributed by atoms with Crippen LogP contribution in [-0.4, -0.2) is 59.1 Å². The van der Waals surface area contributed by atoms with E-state index >= 15 is 0 Å². The van der Waals surface area contributed by atoms with E-state index in [1.807, 2.05) is 0 Å². The molecule has 0 saturated heterocycles. The molecule has 8 heteroatoms. The molecule has 0 fully saturated rings. The normalized spacial score (nSPS) is 15.3. The van der Waals surface area contributed by atoms with Gasteiger partial charge in [-0.3, -0.25) is 0 Å². The maximum absolute atomic E-state index is 2.98. The molecule has 0 aliphatic carbocycles. The van der Waals surface area contributed by atoms with Crippen molar-refractivity contribution in [2.75, 3.05) is 0 Å². The van der Waals surface area contributed by atoms with Crippen molar-refractivity contribution in [1.29, 1.82) is 0 Å². The van der Waals surface area contributed by atoms with Crippen LogP contribution in [0.3, 0.4) is 0 Å². The van der Waals surface area contributed by atoms with Crippen LogP contribution in [0.15, 0.2) is 0 Å². The van der Waals surface area contributed by atoms with Gasteiger partial charge in [-0.2, -0.15) is 0 Å². The minimum Gasteiger partial charge on any atom is -0.372 e. The molecular formula is C12H36N2Si6. The lowest BCUT2D eigenvalue weighted by atomic mass is 11.8. The predicted molar refractivity (Wildman–Crippen MR) is 109 cm³/mol. The third-order valence-corrected chi connectivity index (χ3v) is 30.6. The first-order valence-corrected chi connectivity index (χ1v) is 24.3. The highest BCUT2D eigenvalue weighted by Gasteiger charge is 2.38. The van der Waals surface area contributed by atoms with E-state index in [1.165, 1.54) is 0 Å². The van der Waals surface area contributed by atoms with Gasteiger partial charge in [0.1, 0.15) is 51.3 Å². The van der Waals surface area contributed by atoms with E-state index < -0.39 is 32.9 Å². The molecule has 0 amide bonds. The van der Waals surface area contributed by atoms with Gasteiger partial charge in [-0.25, -0.2) is 0 Å². The molecule has 0 aromatic heterocycles. The highest BCUT2D eigenvalue weighted by Crippen LogP contribution is 2.21. The lowest BCUT2D eigenvalue weighted by molar-refractivity contribution is 0.935. The lowest BCUT2D eigenvalue weighted by Gasteiger charge is -2.48. The average molecular weight is 377 g/mol. The summed E-state index contributed by atoms with van der Waals surface area (Å²) in [7, 11) is -2.69. The second-order valence-electron chi connectivity index (χ2n) is 9.58. The van der Waals surface area contributed by atoms with Gasteiger partial charge < -0.3 is 7.79 Å². The van der Waals surface area contributed by atoms with Crippen molar-refractivity contribution < 1.29 is 0 Å². The zero-order valence-electron chi connectivity index (χ0n) is 15.9. The molecule has 0 aromatic rings. The Morgan fingerprint density at radius 2 is 0.550 bits per heavy atom. The maximum atomic E-state index is 2.98. The fraction of sp³-hybridized carbons (Fsp3) is 1.00. The molecule has 0 aliphatic rings. The smallest absolute Gasteiger partial charge is 0.127 e. The Balaban J connectivity index is 5.10. The van der Waals surface area contributed by atoms with E-state index in [-0.39, 0.29) is 0 Å². The highest BCUT2D eigenvalue weighted by atomic mass is 29.2. The topological polar surface area (TPSA) is 6.48 Å². The van der Waals surface area contributed by atoms with Crippen molar-refractivity contribution in [3.05, 3.63) is 0 Å². The molecule has 4 radical (unpaired) electrons. The van der Waals surface area contributed by atoms with E-state index in [0.717, 1.165) is 18.4 Å². The van der Waals surface area contributed by atoms with Crippen LogP contribution >= 0.6 is 0 Å². The third kappa shape index (κ3) is 6.99. The van der Waals surface area contributed by atoms with Crippen LogP contribution in [0.2, 0.25) is 78.6 Å². The summed E-state index contributed by atoms with van der Waals surface area (Å²) in [5.74, 6) is 0. The fourth-order valence-electron chi connectivity index (χ4n) is 2.78. The van der Waals surface area contributed by atoms with Crippen LogP contribution in [0.5, 0.6) is 0 Å². The summed E-state index contributed by atoms with van der Waals surface area (Å²) in [5, 5.41) is 0. The summed E-state index contributed by atoms with van der Waals surface area (Å²) in [6.07, 6.45) is 0. The molecule has 0 unspecified atom stereocenters. The average Bonchev–Trinajstić information content (AvgIpc) is 2.02. The molecule has 0 bridgehead atoms. The summed E-state index contributed by atoms with van der Waals surface area (Å²) in [6, 6.07) is 0. The van der Waals surface area contributed by atoms with E-state index in [4.69, 9.17) is 0 Å². The van der Waals surface area contributed by atoms with E-state index in [1.54, 1.807) is 0 Å². The van der Waals surface area contributed by atoms with Crippen LogP contribution in [-0.2, 0) is 0 Å². The third-order valence-electron chi connectivity index (χ3n) is 2.96. The SMILES string of the molecule is C[Si](C)(C)N([Si][Si]N([Si](C)(C)C)[Si](C)(C)C)[Si](C)(C)C. The van der Waals surface area contributed by atoms with Crippen molar-refractivity contribution in [2.45, 2.75) is 78.6 Å². The van der Waals surface area contributed by atoms with Crippen molar-refractivity contribution in [1.82, 2.24) is 7.79 Å². The van der Waals surface area contributed by atoms with Gasteiger partial charge in [-0.05, 0) is 0 Å². The predicted octanol–water partition coefficient (Wildman–Crippen LogP) is 4.08. The monoisotopic (exact) mass is 376 g/mol. The van der Waals surface area contributed by atoms with Crippen LogP contribution < -0.4 is 0 Å². The molecule has 0 saturated carbocycles. The van der Waals surface area contributed by atoms with Crippen molar-refractivity contribution in [3.8, 4) is 0 Å². The Bertz CT molecular complexity index is 248. The first-order valence-electron chi connectivity index (χ1n) is 7.59. The summed E-state index contributed by atoms with van der Waals surface area (Å²) in [5.41, 5.74) is 0. The van der Waals surface area contributed by atoms with Gasteiger partial charge in [0.15, 0.2) is 0 Å². The van der Waals surface area contributed by atoms with Crippen LogP contribution in [0.1, 0.15) is 0 Å². The number of hydrogen-bond donors (Lipinski definition) is 0. The summed E-state index contributed by atoms with van der Waals surface area (Å²) < 4.78 is 5.96. The van der Waals surface area contributed by atoms with E-state index in [9.17, 15) is 0 Å². The zero-order chi connectivity index (χ0) is 16.6. The largest absolute Gasteiger partial charge is 0.372 e. The van der Waals surface area contributed by atoms with Gasteiger partial charge in [0.05, 0.1) is 0 Å². The fourth-order valence-corrected chi connectivity index (χ4v) is 38.9. The molecule has 118 valence electrons. The minimum atomic E-state index is -1.19. The molecule has 0 aliphatic heterocycles. The quantitative estimate of drug-likeness (QED) is 0.617. The van der Waals surface area contributed by atoms with Gasteiger partial charge in [0, 0.05) is 0 Å². The maximum Gasteiger partial charge on any atom is 0.127 e. The molecule has 20 heavy (non-hydrogen) atoms. The zero-order valence-corrected chi connectivity index (χ0v) is 21.9. The highest BCUT2D eigenvalue weighted by molar-refractivity contribution is 7.16. The van der Waals surface area contributed by atoms with Crippen molar-refractivity contribution in [3.63, 3.8) is 0 Å². The number of nitrogens with zero attached hydrogens (tertiary/aromatic N) is 2. The second kappa shape index (κ2) is 6.77. The minimum absolute atomic E-state index is 1.03. The summed E-state index contributed by atoms with van der Waals surface area (Å²) in [6.45, 7) is 30.3. The van der Waals surface area contributed by atoms with Gasteiger partial charge in [-0.15, -0.1) is 0 Å². The Morgan fingerprint density at radius 1 is 0.400 bits per heavy atom. The lowest BCUT2D eigenvalue weighted by Crippen LogP contribution is -2.68. The molecular weight excluding hydrogens is 341 g/mol. The first kappa shape index (κ1) is 21.2. The Kier molecular flexibility index (Phi) is 7.18. The van der Waals surface area contributed by atoms with E-state index in [2.05, 4.69) is 86.4 Å².